The average Bonchev–Trinajstić information content (AvgIpc) is 2.53. The van der Waals surface area contributed by atoms with Crippen LogP contribution < -0.4 is 0 Å². The third kappa shape index (κ3) is 4.03. The molecular weight excluding hydrogens is 394 g/mol. The number of rotatable bonds is 4. The van der Waals surface area contributed by atoms with Gasteiger partial charge in [0.15, 0.2) is 0 Å². The van der Waals surface area contributed by atoms with E-state index in [9.17, 15) is 43.9 Å². The van der Waals surface area contributed by atoms with Crippen LogP contribution in [-0.2, 0) is 11.8 Å². The fourth-order valence-corrected chi connectivity index (χ4v) is 2.23. The van der Waals surface area contributed by atoms with Gasteiger partial charge >= 0.3 is 24.2 Å². The van der Waals surface area contributed by atoms with Gasteiger partial charge in [-0.1, -0.05) is 42.5 Å². The van der Waals surface area contributed by atoms with Gasteiger partial charge in [0.1, 0.15) is 0 Å². The zero-order chi connectivity index (χ0) is 20.7. The molecule has 0 saturated heterocycles. The Morgan fingerprint density at radius 1 is 0.593 bits per heavy atom. The van der Waals surface area contributed by atoms with Crippen LogP contribution in [0.1, 0.15) is 22.3 Å². The Kier molecular flexibility index (Phi) is 5.24. The number of benzene rings is 2. The smallest absolute Gasteiger partial charge is 0.191 e. The van der Waals surface area contributed by atoms with E-state index in [2.05, 4.69) is 0 Å². The third-order valence-electron chi connectivity index (χ3n) is 3.58. The lowest BCUT2D eigenvalue weighted by Crippen LogP contribution is -2.34. The lowest BCUT2D eigenvalue weighted by Gasteiger charge is -2.23. The SMILES string of the molecule is FC(F)(F)C(F)(F)c1cccc([CH]c2ccccc2C(F)(F)C(F)(F)F)c1. The molecule has 0 fully saturated rings. The molecule has 10 heteroatoms. The van der Waals surface area contributed by atoms with Gasteiger partial charge in [-0.3, -0.25) is 0 Å². The maximum atomic E-state index is 13.6. The van der Waals surface area contributed by atoms with Crippen LogP contribution >= 0.6 is 0 Å². The number of alkyl halides is 10. The van der Waals surface area contributed by atoms with E-state index in [-0.39, 0.29) is 0 Å². The maximum absolute atomic E-state index is 13.6. The first-order valence-electron chi connectivity index (χ1n) is 7.12. The molecule has 2 rings (SSSR count). The van der Waals surface area contributed by atoms with Crippen molar-refractivity contribution in [2.75, 3.05) is 0 Å². The molecule has 0 heterocycles. The fraction of sp³-hybridized carbons (Fsp3) is 0.235. The van der Waals surface area contributed by atoms with Gasteiger partial charge < -0.3 is 0 Å². The van der Waals surface area contributed by atoms with Crippen LogP contribution in [0.2, 0.25) is 0 Å². The molecule has 0 aromatic heterocycles. The lowest BCUT2D eigenvalue weighted by molar-refractivity contribution is -0.289. The predicted molar refractivity (Wildman–Crippen MR) is 75.3 cm³/mol. The number of hydrogen-bond donors (Lipinski definition) is 0. The van der Waals surface area contributed by atoms with Crippen molar-refractivity contribution in [2.45, 2.75) is 24.2 Å². The van der Waals surface area contributed by atoms with E-state index >= 15 is 0 Å². The minimum Gasteiger partial charge on any atom is -0.191 e. The molecule has 1 radical (unpaired) electrons. The molecule has 0 spiro atoms. The summed E-state index contributed by atoms with van der Waals surface area (Å²) in [7, 11) is 0. The first kappa shape index (κ1) is 21.0. The van der Waals surface area contributed by atoms with Gasteiger partial charge in [-0.25, -0.2) is 0 Å². The minimum atomic E-state index is -5.91. The normalized spacial score (nSPS) is 13.7. The van der Waals surface area contributed by atoms with Crippen molar-refractivity contribution in [2.24, 2.45) is 0 Å². The number of hydrogen-bond acceptors (Lipinski definition) is 0. The summed E-state index contributed by atoms with van der Waals surface area (Å²) in [5.74, 6) is -10.5. The van der Waals surface area contributed by atoms with Crippen molar-refractivity contribution < 1.29 is 43.9 Å². The summed E-state index contributed by atoms with van der Waals surface area (Å²) in [6.07, 6.45) is -11.1. The van der Waals surface area contributed by atoms with Crippen molar-refractivity contribution in [3.8, 4) is 0 Å². The molecule has 147 valence electrons. The average molecular weight is 403 g/mol. The second kappa shape index (κ2) is 6.72. The zero-order valence-corrected chi connectivity index (χ0v) is 13.0. The van der Waals surface area contributed by atoms with Crippen LogP contribution in [0.25, 0.3) is 0 Å². The standard InChI is InChI=1S/C17H9F10/c18-14(19,16(22,23)24)12-6-3-4-10(9-12)8-11-5-1-2-7-13(11)15(20,21)17(25,26)27/h1-9H. The van der Waals surface area contributed by atoms with Crippen molar-refractivity contribution in [3.05, 3.63) is 77.2 Å². The van der Waals surface area contributed by atoms with Crippen LogP contribution in [0.3, 0.4) is 0 Å². The van der Waals surface area contributed by atoms with E-state index in [0.29, 0.717) is 24.6 Å². The minimum absolute atomic E-state index is 0.371. The Morgan fingerprint density at radius 2 is 1.15 bits per heavy atom. The van der Waals surface area contributed by atoms with Gasteiger partial charge in [-0.15, -0.1) is 0 Å². The first-order valence-corrected chi connectivity index (χ1v) is 7.12. The molecule has 0 nitrogen and oxygen atoms in total. The Labute approximate surface area is 146 Å². The van der Waals surface area contributed by atoms with Gasteiger partial charge in [-0.05, 0) is 17.2 Å². The number of halogens is 10. The monoisotopic (exact) mass is 403 g/mol. The quantitative estimate of drug-likeness (QED) is 0.505. The van der Waals surface area contributed by atoms with Gasteiger partial charge in [0.05, 0.1) is 0 Å². The lowest BCUT2D eigenvalue weighted by atomic mass is 9.94. The highest BCUT2D eigenvalue weighted by Crippen LogP contribution is 2.46. The van der Waals surface area contributed by atoms with Crippen molar-refractivity contribution in [1.82, 2.24) is 0 Å². The van der Waals surface area contributed by atoms with Gasteiger partial charge in [-0.2, -0.15) is 43.9 Å². The van der Waals surface area contributed by atoms with Crippen molar-refractivity contribution in [3.63, 3.8) is 0 Å². The molecule has 0 aliphatic rings. The molecule has 0 amide bonds. The van der Waals surface area contributed by atoms with Crippen LogP contribution in [-0.4, -0.2) is 12.4 Å². The summed E-state index contributed by atoms with van der Waals surface area (Å²) >= 11 is 0. The van der Waals surface area contributed by atoms with E-state index in [4.69, 9.17) is 0 Å². The third-order valence-corrected chi connectivity index (χ3v) is 3.58. The second-order valence-corrected chi connectivity index (χ2v) is 5.50. The Hall–Kier alpha value is -2.26. The van der Waals surface area contributed by atoms with Gasteiger partial charge in [0.2, 0.25) is 0 Å². The molecule has 0 saturated carbocycles. The topological polar surface area (TPSA) is 0 Å². The molecule has 27 heavy (non-hydrogen) atoms. The largest absolute Gasteiger partial charge is 0.458 e. The highest BCUT2D eigenvalue weighted by molar-refractivity contribution is 5.45. The van der Waals surface area contributed by atoms with Crippen LogP contribution in [0, 0.1) is 6.42 Å². The second-order valence-electron chi connectivity index (χ2n) is 5.50. The summed E-state index contributed by atoms with van der Waals surface area (Å²) in [5.41, 5.74) is -4.00. The summed E-state index contributed by atoms with van der Waals surface area (Å²) in [6, 6.07) is 6.05. The summed E-state index contributed by atoms with van der Waals surface area (Å²) < 4.78 is 129. The van der Waals surface area contributed by atoms with E-state index < -0.39 is 46.5 Å². The highest BCUT2D eigenvalue weighted by atomic mass is 19.4. The summed E-state index contributed by atoms with van der Waals surface area (Å²) in [5, 5.41) is 0. The van der Waals surface area contributed by atoms with Crippen molar-refractivity contribution >= 4 is 0 Å². The van der Waals surface area contributed by atoms with E-state index in [1.807, 2.05) is 0 Å². The Morgan fingerprint density at radius 3 is 1.70 bits per heavy atom. The van der Waals surface area contributed by atoms with E-state index in [0.717, 1.165) is 30.3 Å². The van der Waals surface area contributed by atoms with Gasteiger partial charge in [0.25, 0.3) is 0 Å². The molecule has 0 atom stereocenters. The maximum Gasteiger partial charge on any atom is 0.458 e. The van der Waals surface area contributed by atoms with Crippen LogP contribution in [0.5, 0.6) is 0 Å². The van der Waals surface area contributed by atoms with Crippen molar-refractivity contribution in [1.29, 1.82) is 0 Å². The predicted octanol–water partition coefficient (Wildman–Crippen LogP) is 6.60. The summed E-state index contributed by atoms with van der Waals surface area (Å²) in [4.78, 5) is 0. The molecule has 0 unspecified atom stereocenters. The fourth-order valence-electron chi connectivity index (χ4n) is 2.23. The molecule has 0 bridgehead atoms. The van der Waals surface area contributed by atoms with Crippen LogP contribution in [0.15, 0.2) is 48.5 Å². The molecular formula is C17H9F10. The Bertz CT molecular complexity index is 802. The molecule has 2 aromatic rings. The van der Waals surface area contributed by atoms with Crippen LogP contribution in [0.4, 0.5) is 43.9 Å². The first-order chi connectivity index (χ1) is 12.2. The zero-order valence-electron chi connectivity index (χ0n) is 13.0. The van der Waals surface area contributed by atoms with Gasteiger partial charge in [0, 0.05) is 17.5 Å². The molecule has 0 aliphatic carbocycles. The molecule has 0 aliphatic heterocycles. The highest BCUT2D eigenvalue weighted by Gasteiger charge is 2.60. The molecule has 2 aromatic carbocycles. The summed E-state index contributed by atoms with van der Waals surface area (Å²) in [6.45, 7) is 0. The van der Waals surface area contributed by atoms with E-state index in [1.165, 1.54) is 0 Å². The van der Waals surface area contributed by atoms with E-state index in [1.54, 1.807) is 0 Å². The Balaban J connectivity index is 2.45. The molecule has 0 N–H and O–H groups in total.